The Balaban J connectivity index is 2.18. The van der Waals surface area contributed by atoms with E-state index in [0.29, 0.717) is 10.6 Å². The molecule has 0 radical (unpaired) electrons. The van der Waals surface area contributed by atoms with Gasteiger partial charge in [-0.15, -0.1) is 0 Å². The summed E-state index contributed by atoms with van der Waals surface area (Å²) in [6.07, 6.45) is 0. The first kappa shape index (κ1) is 13.5. The number of hydrogen-bond acceptors (Lipinski definition) is 2. The van der Waals surface area contributed by atoms with Crippen LogP contribution in [0.25, 0.3) is 0 Å². The van der Waals surface area contributed by atoms with Gasteiger partial charge in [0.05, 0.1) is 22.1 Å². The SMILES string of the molecule is Cc1ccc(CS(=O)c2cccc(C(=O)O)c2)cc1. The lowest BCUT2D eigenvalue weighted by molar-refractivity contribution is 0.0696. The van der Waals surface area contributed by atoms with Gasteiger partial charge in [0.25, 0.3) is 0 Å². The molecule has 0 fully saturated rings. The molecule has 98 valence electrons. The number of rotatable bonds is 4. The van der Waals surface area contributed by atoms with Gasteiger partial charge >= 0.3 is 5.97 Å². The van der Waals surface area contributed by atoms with Crippen molar-refractivity contribution in [2.75, 3.05) is 0 Å². The molecule has 2 aromatic rings. The van der Waals surface area contributed by atoms with E-state index in [-0.39, 0.29) is 5.56 Å². The first-order valence-electron chi connectivity index (χ1n) is 5.83. The predicted molar refractivity (Wildman–Crippen MR) is 74.7 cm³/mol. The van der Waals surface area contributed by atoms with Crippen LogP contribution in [-0.4, -0.2) is 15.3 Å². The molecule has 2 rings (SSSR count). The largest absolute Gasteiger partial charge is 0.478 e. The van der Waals surface area contributed by atoms with Gasteiger partial charge < -0.3 is 5.11 Å². The summed E-state index contributed by atoms with van der Waals surface area (Å²) in [5.41, 5.74) is 2.29. The zero-order valence-corrected chi connectivity index (χ0v) is 11.3. The molecular weight excluding hydrogens is 260 g/mol. The summed E-state index contributed by atoms with van der Waals surface area (Å²) in [6.45, 7) is 2.00. The van der Waals surface area contributed by atoms with Crippen molar-refractivity contribution in [1.29, 1.82) is 0 Å². The fourth-order valence-electron chi connectivity index (χ4n) is 1.69. The average Bonchev–Trinajstić information content (AvgIpc) is 2.41. The summed E-state index contributed by atoms with van der Waals surface area (Å²) in [4.78, 5) is 11.4. The van der Waals surface area contributed by atoms with E-state index >= 15 is 0 Å². The number of aromatic carboxylic acids is 1. The first-order valence-corrected chi connectivity index (χ1v) is 7.15. The molecule has 19 heavy (non-hydrogen) atoms. The molecule has 1 atom stereocenters. The van der Waals surface area contributed by atoms with Crippen molar-refractivity contribution < 1.29 is 14.1 Å². The molecule has 2 aromatic carbocycles. The van der Waals surface area contributed by atoms with Gasteiger partial charge in [0.15, 0.2) is 0 Å². The maximum atomic E-state index is 12.2. The summed E-state index contributed by atoms with van der Waals surface area (Å²) in [6, 6.07) is 14.1. The van der Waals surface area contributed by atoms with Crippen molar-refractivity contribution in [3.8, 4) is 0 Å². The molecule has 0 aliphatic carbocycles. The highest BCUT2D eigenvalue weighted by atomic mass is 32.2. The monoisotopic (exact) mass is 274 g/mol. The number of aryl methyl sites for hydroxylation is 1. The Bertz CT molecular complexity index is 618. The van der Waals surface area contributed by atoms with Crippen LogP contribution in [0, 0.1) is 6.92 Å². The highest BCUT2D eigenvalue weighted by Crippen LogP contribution is 2.14. The zero-order valence-electron chi connectivity index (χ0n) is 10.5. The fourth-order valence-corrected chi connectivity index (χ4v) is 2.84. The molecule has 0 bridgehead atoms. The molecule has 4 heteroatoms. The Labute approximate surface area is 114 Å². The lowest BCUT2D eigenvalue weighted by atomic mass is 10.2. The van der Waals surface area contributed by atoms with Gasteiger partial charge in [0.2, 0.25) is 0 Å². The number of carbonyl (C=O) groups is 1. The molecule has 0 heterocycles. The maximum Gasteiger partial charge on any atom is 0.335 e. The Hall–Kier alpha value is -1.94. The van der Waals surface area contributed by atoms with Crippen LogP contribution in [0.4, 0.5) is 0 Å². The predicted octanol–water partition coefficient (Wildman–Crippen LogP) is 3.00. The van der Waals surface area contributed by atoms with E-state index < -0.39 is 16.8 Å². The van der Waals surface area contributed by atoms with Crippen LogP contribution in [0.15, 0.2) is 53.4 Å². The third kappa shape index (κ3) is 3.51. The molecule has 0 saturated heterocycles. The minimum atomic E-state index is -1.23. The summed E-state index contributed by atoms with van der Waals surface area (Å²) in [5.74, 6) is -0.613. The van der Waals surface area contributed by atoms with Crippen molar-refractivity contribution in [3.05, 3.63) is 65.2 Å². The Kier molecular flexibility index (Phi) is 4.12. The standard InChI is InChI=1S/C15H14O3S/c1-11-5-7-12(8-6-11)10-19(18)14-4-2-3-13(9-14)15(16)17/h2-9H,10H2,1H3,(H,16,17). The van der Waals surface area contributed by atoms with Gasteiger partial charge in [-0.25, -0.2) is 4.79 Å². The smallest absolute Gasteiger partial charge is 0.335 e. The molecule has 0 aliphatic rings. The molecule has 0 aromatic heterocycles. The number of carboxylic acids is 1. The normalized spacial score (nSPS) is 12.1. The van der Waals surface area contributed by atoms with Gasteiger partial charge in [-0.1, -0.05) is 35.9 Å². The van der Waals surface area contributed by atoms with Crippen molar-refractivity contribution in [2.45, 2.75) is 17.6 Å². The van der Waals surface area contributed by atoms with Crippen LogP contribution in [0.2, 0.25) is 0 Å². The number of carboxylic acid groups (broad SMARTS) is 1. The van der Waals surface area contributed by atoms with E-state index in [9.17, 15) is 9.00 Å². The number of hydrogen-bond donors (Lipinski definition) is 1. The molecule has 1 N–H and O–H groups in total. The van der Waals surface area contributed by atoms with E-state index in [1.807, 2.05) is 31.2 Å². The maximum absolute atomic E-state index is 12.2. The van der Waals surface area contributed by atoms with E-state index in [1.54, 1.807) is 12.1 Å². The van der Waals surface area contributed by atoms with Crippen molar-refractivity contribution >= 4 is 16.8 Å². The molecule has 0 aliphatic heterocycles. The Morgan fingerprint density at radius 2 is 1.84 bits per heavy atom. The minimum Gasteiger partial charge on any atom is -0.478 e. The third-order valence-electron chi connectivity index (χ3n) is 2.76. The summed E-state index contributed by atoms with van der Waals surface area (Å²) in [5, 5.41) is 8.91. The van der Waals surface area contributed by atoms with Crippen LogP contribution in [0.5, 0.6) is 0 Å². The lowest BCUT2D eigenvalue weighted by Crippen LogP contribution is -2.00. The Morgan fingerprint density at radius 3 is 2.47 bits per heavy atom. The van der Waals surface area contributed by atoms with Gasteiger partial charge in [-0.2, -0.15) is 0 Å². The van der Waals surface area contributed by atoms with E-state index in [1.165, 1.54) is 12.1 Å². The zero-order chi connectivity index (χ0) is 13.8. The van der Waals surface area contributed by atoms with Crippen molar-refractivity contribution in [2.24, 2.45) is 0 Å². The van der Waals surface area contributed by atoms with Gasteiger partial charge in [-0.05, 0) is 30.7 Å². The van der Waals surface area contributed by atoms with Crippen molar-refractivity contribution in [3.63, 3.8) is 0 Å². The summed E-state index contributed by atoms with van der Waals surface area (Å²) >= 11 is 0. The number of benzene rings is 2. The summed E-state index contributed by atoms with van der Waals surface area (Å²) in [7, 11) is -1.23. The van der Waals surface area contributed by atoms with Crippen LogP contribution < -0.4 is 0 Å². The van der Waals surface area contributed by atoms with Crippen LogP contribution in [0.3, 0.4) is 0 Å². The molecule has 0 saturated carbocycles. The van der Waals surface area contributed by atoms with Gasteiger partial charge in [0, 0.05) is 4.90 Å². The molecule has 1 unspecified atom stereocenters. The van der Waals surface area contributed by atoms with Gasteiger partial charge in [0.1, 0.15) is 0 Å². The second-order valence-corrected chi connectivity index (χ2v) is 5.76. The van der Waals surface area contributed by atoms with Gasteiger partial charge in [-0.3, -0.25) is 4.21 Å². The topological polar surface area (TPSA) is 54.4 Å². The second kappa shape index (κ2) is 5.80. The van der Waals surface area contributed by atoms with Crippen LogP contribution in [0.1, 0.15) is 21.5 Å². The fraction of sp³-hybridized carbons (Fsp3) is 0.133. The average molecular weight is 274 g/mol. The van der Waals surface area contributed by atoms with Crippen LogP contribution in [-0.2, 0) is 16.6 Å². The highest BCUT2D eigenvalue weighted by Gasteiger charge is 2.09. The summed E-state index contributed by atoms with van der Waals surface area (Å²) < 4.78 is 12.2. The van der Waals surface area contributed by atoms with E-state index in [4.69, 9.17) is 5.11 Å². The highest BCUT2D eigenvalue weighted by molar-refractivity contribution is 7.84. The molecule has 0 spiro atoms. The van der Waals surface area contributed by atoms with Crippen molar-refractivity contribution in [1.82, 2.24) is 0 Å². The van der Waals surface area contributed by atoms with Crippen LogP contribution >= 0.6 is 0 Å². The second-order valence-electron chi connectivity index (χ2n) is 4.31. The quantitative estimate of drug-likeness (QED) is 0.932. The van der Waals surface area contributed by atoms with E-state index in [0.717, 1.165) is 11.1 Å². The first-order chi connectivity index (χ1) is 9.06. The molecule has 3 nitrogen and oxygen atoms in total. The Morgan fingerprint density at radius 1 is 1.16 bits per heavy atom. The third-order valence-corrected chi connectivity index (χ3v) is 4.14. The molecule has 0 amide bonds. The lowest BCUT2D eigenvalue weighted by Gasteiger charge is -2.04. The van der Waals surface area contributed by atoms with E-state index in [2.05, 4.69) is 0 Å². The minimum absolute atomic E-state index is 0.162. The molecular formula is C15H14O3S.